The lowest BCUT2D eigenvalue weighted by Crippen LogP contribution is -2.34. The van der Waals surface area contributed by atoms with Gasteiger partial charge in [0.2, 0.25) is 5.69 Å². The summed E-state index contributed by atoms with van der Waals surface area (Å²) in [5.74, 6) is -1.09. The summed E-state index contributed by atoms with van der Waals surface area (Å²) >= 11 is 0. The van der Waals surface area contributed by atoms with Crippen LogP contribution in [0.5, 0.6) is 5.88 Å². The maximum absolute atomic E-state index is 13.4. The summed E-state index contributed by atoms with van der Waals surface area (Å²) < 4.78 is 23.2. The molecule has 0 aliphatic heterocycles. The van der Waals surface area contributed by atoms with Crippen LogP contribution in [0.15, 0.2) is 27.8 Å². The minimum atomic E-state index is -0.689. The number of halogens is 1. The molecule has 0 saturated carbocycles. The van der Waals surface area contributed by atoms with Crippen molar-refractivity contribution in [1.82, 2.24) is 21.1 Å². The highest BCUT2D eigenvalue weighted by atomic mass is 19.1. The van der Waals surface area contributed by atoms with Gasteiger partial charge in [-0.25, -0.2) is 9.02 Å². The molecule has 1 amide bonds. The first-order valence-corrected chi connectivity index (χ1v) is 8.14. The molecule has 0 fully saturated rings. The summed E-state index contributed by atoms with van der Waals surface area (Å²) in [7, 11) is 0. The zero-order chi connectivity index (χ0) is 19.4. The van der Waals surface area contributed by atoms with Crippen molar-refractivity contribution < 1.29 is 28.9 Å². The van der Waals surface area contributed by atoms with Gasteiger partial charge in [-0.05, 0) is 46.9 Å². The first-order chi connectivity index (χ1) is 13.0. The first kappa shape index (κ1) is 18.7. The summed E-state index contributed by atoms with van der Waals surface area (Å²) in [4.78, 5) is 15.9. The van der Waals surface area contributed by atoms with Crippen LogP contribution in [-0.2, 0) is 11.2 Å². The molecule has 1 heterocycles. The van der Waals surface area contributed by atoms with Gasteiger partial charge in [0.05, 0.1) is 12.1 Å². The number of aliphatic imine (C=N–C) groups is 1. The Balaban J connectivity index is 1.69. The van der Waals surface area contributed by atoms with Crippen LogP contribution in [0.1, 0.15) is 29.8 Å². The molecule has 1 aliphatic carbocycles. The average Bonchev–Trinajstić information content (AvgIpc) is 3.09. The largest absolute Gasteiger partial charge is 0.464 e. The van der Waals surface area contributed by atoms with Gasteiger partial charge in [-0.15, -0.1) is 0 Å². The smallest absolute Gasteiger partial charge is 0.287 e. The monoisotopic (exact) mass is 379 g/mol. The molecule has 0 spiro atoms. The normalized spacial score (nSPS) is 16.9. The lowest BCUT2D eigenvalue weighted by atomic mass is 9.83. The van der Waals surface area contributed by atoms with Gasteiger partial charge in [-0.3, -0.25) is 20.5 Å². The molecule has 2 atom stereocenters. The maximum atomic E-state index is 13.4. The SMILES string of the molecule is CC(O)CNC(=O)COc1nonc1C(=N[C@H]1Cc2ccc(F)cc21)NO. The number of nitrogens with zero attached hydrogens (tertiary/aromatic N) is 3. The summed E-state index contributed by atoms with van der Waals surface area (Å²) in [5, 5.41) is 28.1. The maximum Gasteiger partial charge on any atom is 0.287 e. The zero-order valence-corrected chi connectivity index (χ0v) is 14.3. The van der Waals surface area contributed by atoms with Crippen LogP contribution in [0.2, 0.25) is 0 Å². The average molecular weight is 379 g/mol. The standard InChI is InChI=1S/C16H18FN5O5/c1-8(23)6-18-13(24)7-26-16-14(21-27-22-16)15(20-25)19-12-4-9-2-3-10(17)5-11(9)12/h2-3,5,8,12,23,25H,4,6-7H2,1H3,(H,18,24)(H,19,20)/t8?,12-/m0/s1. The molecule has 1 aliphatic rings. The number of amidine groups is 1. The van der Waals surface area contributed by atoms with Gasteiger partial charge < -0.3 is 15.2 Å². The Labute approximate surface area is 153 Å². The van der Waals surface area contributed by atoms with Crippen molar-refractivity contribution in [3.63, 3.8) is 0 Å². The Bertz CT molecular complexity index is 853. The Morgan fingerprint density at radius 2 is 2.33 bits per heavy atom. The van der Waals surface area contributed by atoms with Crippen molar-refractivity contribution in [1.29, 1.82) is 0 Å². The van der Waals surface area contributed by atoms with Crippen molar-refractivity contribution in [3.05, 3.63) is 40.8 Å². The lowest BCUT2D eigenvalue weighted by Gasteiger charge is -2.27. The van der Waals surface area contributed by atoms with Crippen molar-refractivity contribution in [2.75, 3.05) is 13.2 Å². The summed E-state index contributed by atoms with van der Waals surface area (Å²) in [6.45, 7) is 1.21. The second-order valence-corrected chi connectivity index (χ2v) is 6.01. The Kier molecular flexibility index (Phi) is 5.62. The van der Waals surface area contributed by atoms with Gasteiger partial charge in [0.25, 0.3) is 11.8 Å². The Morgan fingerprint density at radius 1 is 1.52 bits per heavy atom. The van der Waals surface area contributed by atoms with E-state index in [0.29, 0.717) is 12.0 Å². The molecular formula is C16H18FN5O5. The van der Waals surface area contributed by atoms with Crippen LogP contribution >= 0.6 is 0 Å². The van der Waals surface area contributed by atoms with Crippen LogP contribution in [0.25, 0.3) is 0 Å². The van der Waals surface area contributed by atoms with Crippen molar-refractivity contribution in [3.8, 4) is 5.88 Å². The molecule has 27 heavy (non-hydrogen) atoms. The van der Waals surface area contributed by atoms with E-state index in [1.165, 1.54) is 19.1 Å². The van der Waals surface area contributed by atoms with Gasteiger partial charge in [0, 0.05) is 6.54 Å². The number of hydrogen-bond acceptors (Lipinski definition) is 8. The van der Waals surface area contributed by atoms with Gasteiger partial charge in [-0.2, -0.15) is 0 Å². The molecule has 10 nitrogen and oxygen atoms in total. The van der Waals surface area contributed by atoms with E-state index in [4.69, 9.17) is 9.84 Å². The van der Waals surface area contributed by atoms with E-state index in [2.05, 4.69) is 25.3 Å². The number of ether oxygens (including phenoxy) is 1. The number of amides is 1. The molecule has 11 heteroatoms. The van der Waals surface area contributed by atoms with Crippen LogP contribution in [0.4, 0.5) is 4.39 Å². The molecule has 144 valence electrons. The van der Waals surface area contributed by atoms with Gasteiger partial charge in [0.15, 0.2) is 12.4 Å². The fourth-order valence-corrected chi connectivity index (χ4v) is 2.53. The highest BCUT2D eigenvalue weighted by Crippen LogP contribution is 2.37. The first-order valence-electron chi connectivity index (χ1n) is 8.14. The third kappa shape index (κ3) is 4.38. The summed E-state index contributed by atoms with van der Waals surface area (Å²) in [5.41, 5.74) is 3.53. The van der Waals surface area contributed by atoms with Crippen molar-refractivity contribution in [2.24, 2.45) is 4.99 Å². The van der Waals surface area contributed by atoms with E-state index >= 15 is 0 Å². The number of rotatable bonds is 7. The summed E-state index contributed by atoms with van der Waals surface area (Å²) in [6.07, 6.45) is -0.116. The van der Waals surface area contributed by atoms with E-state index < -0.39 is 18.6 Å². The number of nitrogens with one attached hydrogen (secondary N) is 2. The molecule has 1 aromatic carbocycles. The molecule has 3 rings (SSSR count). The molecule has 0 radical (unpaired) electrons. The minimum absolute atomic E-state index is 0.0364. The molecule has 1 unspecified atom stereocenters. The summed E-state index contributed by atoms with van der Waals surface area (Å²) in [6, 6.07) is 4.07. The molecule has 2 aromatic rings. The van der Waals surface area contributed by atoms with Crippen LogP contribution in [-0.4, -0.2) is 51.6 Å². The highest BCUT2D eigenvalue weighted by Gasteiger charge is 2.28. The van der Waals surface area contributed by atoms with Crippen molar-refractivity contribution >= 4 is 11.7 Å². The van der Waals surface area contributed by atoms with E-state index in [9.17, 15) is 14.4 Å². The van der Waals surface area contributed by atoms with E-state index in [-0.39, 0.29) is 35.8 Å². The Morgan fingerprint density at radius 3 is 3.07 bits per heavy atom. The fraction of sp³-hybridized carbons (Fsp3) is 0.375. The molecule has 1 aromatic heterocycles. The molecule has 4 N–H and O–H groups in total. The minimum Gasteiger partial charge on any atom is -0.464 e. The van der Waals surface area contributed by atoms with E-state index in [0.717, 1.165) is 5.56 Å². The molecule has 0 bridgehead atoms. The topological polar surface area (TPSA) is 142 Å². The number of benzene rings is 1. The molecular weight excluding hydrogens is 361 g/mol. The number of hydrogen-bond donors (Lipinski definition) is 4. The second kappa shape index (κ2) is 8.10. The third-order valence-electron chi connectivity index (χ3n) is 3.89. The molecule has 0 saturated heterocycles. The number of aromatic nitrogens is 2. The number of carbonyl (C=O) groups is 1. The zero-order valence-electron chi connectivity index (χ0n) is 14.3. The number of hydroxylamine groups is 1. The van der Waals surface area contributed by atoms with Gasteiger partial charge >= 0.3 is 0 Å². The number of aliphatic hydroxyl groups excluding tert-OH is 1. The lowest BCUT2D eigenvalue weighted by molar-refractivity contribution is -0.123. The third-order valence-corrected chi connectivity index (χ3v) is 3.89. The predicted molar refractivity (Wildman–Crippen MR) is 88.8 cm³/mol. The van der Waals surface area contributed by atoms with Crippen LogP contribution < -0.4 is 15.5 Å². The number of carbonyl (C=O) groups excluding carboxylic acids is 1. The van der Waals surface area contributed by atoms with Crippen LogP contribution in [0, 0.1) is 5.82 Å². The fourth-order valence-electron chi connectivity index (χ4n) is 2.53. The number of fused-ring (bicyclic) bond motifs is 1. The predicted octanol–water partition coefficient (Wildman–Crippen LogP) is 0.107. The number of aliphatic hydroxyl groups is 1. The quantitative estimate of drug-likeness (QED) is 0.302. The van der Waals surface area contributed by atoms with E-state index in [1.54, 1.807) is 6.07 Å². The van der Waals surface area contributed by atoms with Gasteiger partial charge in [-0.1, -0.05) is 6.07 Å². The highest BCUT2D eigenvalue weighted by molar-refractivity contribution is 5.98. The van der Waals surface area contributed by atoms with E-state index in [1.807, 2.05) is 5.48 Å². The second-order valence-electron chi connectivity index (χ2n) is 6.01. The van der Waals surface area contributed by atoms with Crippen LogP contribution in [0.3, 0.4) is 0 Å². The Hall–Kier alpha value is -3.05. The van der Waals surface area contributed by atoms with Crippen molar-refractivity contribution in [2.45, 2.75) is 25.5 Å². The van der Waals surface area contributed by atoms with Gasteiger partial charge in [0.1, 0.15) is 5.82 Å².